The van der Waals surface area contributed by atoms with Gasteiger partial charge < -0.3 is 24.8 Å². The highest BCUT2D eigenvalue weighted by Gasteiger charge is 2.33. The molecule has 0 spiro atoms. The number of hydrogen-bond donors (Lipinski definition) is 2. The fourth-order valence-corrected chi connectivity index (χ4v) is 5.02. The second kappa shape index (κ2) is 12.9. The fraction of sp³-hybridized carbons (Fsp3) is 0.464. The molecular weight excluding hydrogens is 518 g/mol. The number of benzene rings is 1. The summed E-state index contributed by atoms with van der Waals surface area (Å²) in [5.74, 6) is 2.70. The maximum atomic E-state index is 13.1. The highest BCUT2D eigenvalue weighted by Crippen LogP contribution is 2.25. The zero-order chi connectivity index (χ0) is 27.9. The van der Waals surface area contributed by atoms with Crippen molar-refractivity contribution in [1.29, 1.82) is 0 Å². The van der Waals surface area contributed by atoms with Crippen LogP contribution in [0.2, 0.25) is 5.02 Å². The van der Waals surface area contributed by atoms with E-state index >= 15 is 0 Å². The van der Waals surface area contributed by atoms with E-state index in [2.05, 4.69) is 25.2 Å². The Balaban J connectivity index is 1.44. The molecule has 1 atom stereocenters. The van der Waals surface area contributed by atoms with Gasteiger partial charge in [0.2, 0.25) is 11.8 Å². The van der Waals surface area contributed by atoms with Crippen LogP contribution in [-0.2, 0) is 16.0 Å². The SMILES string of the molecule is COc1ccc(CCNC(=O)CC2CN(c3cc(C)nc(-c4ncc[nH]4)n3)CCN2C(=O)CC(C)C)cc1Cl. The topological polar surface area (TPSA) is 116 Å². The lowest BCUT2D eigenvalue weighted by Crippen LogP contribution is -2.57. The summed E-state index contributed by atoms with van der Waals surface area (Å²) < 4.78 is 5.20. The third-order valence-corrected chi connectivity index (χ3v) is 6.93. The summed E-state index contributed by atoms with van der Waals surface area (Å²) in [4.78, 5) is 46.7. The van der Waals surface area contributed by atoms with Gasteiger partial charge in [0, 0.05) is 63.2 Å². The number of H-pyrrole nitrogens is 1. The molecule has 208 valence electrons. The minimum absolute atomic E-state index is 0.0745. The number of hydrogen-bond acceptors (Lipinski definition) is 7. The van der Waals surface area contributed by atoms with Crippen molar-refractivity contribution in [2.45, 2.75) is 46.1 Å². The van der Waals surface area contributed by atoms with E-state index in [0.717, 1.165) is 17.1 Å². The van der Waals surface area contributed by atoms with Crippen LogP contribution in [-0.4, -0.2) is 76.0 Å². The number of rotatable bonds is 10. The molecule has 2 amide bonds. The first kappa shape index (κ1) is 28.4. The molecule has 10 nitrogen and oxygen atoms in total. The summed E-state index contributed by atoms with van der Waals surface area (Å²) in [6, 6.07) is 7.25. The second-order valence-electron chi connectivity index (χ2n) is 10.2. The van der Waals surface area contributed by atoms with Crippen LogP contribution in [0.4, 0.5) is 5.82 Å². The molecular formula is C28H36ClN7O3. The first-order valence-corrected chi connectivity index (χ1v) is 13.6. The van der Waals surface area contributed by atoms with E-state index in [1.165, 1.54) is 0 Å². The van der Waals surface area contributed by atoms with Crippen molar-refractivity contribution in [3.8, 4) is 17.4 Å². The van der Waals surface area contributed by atoms with Gasteiger partial charge in [-0.05, 0) is 37.0 Å². The van der Waals surface area contributed by atoms with Gasteiger partial charge in [-0.2, -0.15) is 0 Å². The Labute approximate surface area is 234 Å². The smallest absolute Gasteiger partial charge is 0.223 e. The van der Waals surface area contributed by atoms with E-state index in [4.69, 9.17) is 21.3 Å². The van der Waals surface area contributed by atoms with Gasteiger partial charge in [0.05, 0.1) is 18.2 Å². The summed E-state index contributed by atoms with van der Waals surface area (Å²) in [5.41, 5.74) is 1.82. The van der Waals surface area contributed by atoms with Crippen LogP contribution in [0.25, 0.3) is 11.6 Å². The van der Waals surface area contributed by atoms with E-state index in [1.54, 1.807) is 19.5 Å². The Morgan fingerprint density at radius 2 is 2.05 bits per heavy atom. The molecule has 3 aromatic rings. The Hall–Kier alpha value is -3.66. The van der Waals surface area contributed by atoms with Crippen LogP contribution in [0.5, 0.6) is 5.75 Å². The number of halogens is 1. The molecule has 1 unspecified atom stereocenters. The average molecular weight is 554 g/mol. The number of piperazine rings is 1. The normalized spacial score (nSPS) is 15.5. The lowest BCUT2D eigenvalue weighted by Gasteiger charge is -2.42. The lowest BCUT2D eigenvalue weighted by molar-refractivity contribution is -0.136. The predicted octanol–water partition coefficient (Wildman–Crippen LogP) is 3.65. The number of amides is 2. The number of carbonyl (C=O) groups excluding carboxylic acids is 2. The summed E-state index contributed by atoms with van der Waals surface area (Å²) in [6.45, 7) is 8.08. The average Bonchev–Trinajstić information content (AvgIpc) is 3.43. The molecule has 2 aromatic heterocycles. The van der Waals surface area contributed by atoms with E-state index in [0.29, 0.717) is 61.4 Å². The molecule has 0 bridgehead atoms. The van der Waals surface area contributed by atoms with Crippen molar-refractivity contribution in [1.82, 2.24) is 30.2 Å². The lowest BCUT2D eigenvalue weighted by atomic mass is 10.0. The number of aromatic amines is 1. The van der Waals surface area contributed by atoms with Crippen molar-refractivity contribution >= 4 is 29.2 Å². The van der Waals surface area contributed by atoms with Crippen LogP contribution >= 0.6 is 11.6 Å². The Kier molecular flexibility index (Phi) is 9.40. The number of nitrogens with one attached hydrogen (secondary N) is 2. The molecule has 11 heteroatoms. The number of nitrogens with zero attached hydrogens (tertiary/aromatic N) is 5. The molecule has 0 saturated carbocycles. The van der Waals surface area contributed by atoms with Crippen molar-refractivity contribution in [2.24, 2.45) is 5.92 Å². The maximum absolute atomic E-state index is 13.1. The van der Waals surface area contributed by atoms with Crippen LogP contribution in [0, 0.1) is 12.8 Å². The molecule has 1 aliphatic heterocycles. The zero-order valence-corrected chi connectivity index (χ0v) is 23.7. The largest absolute Gasteiger partial charge is 0.495 e. The fourth-order valence-electron chi connectivity index (χ4n) is 4.74. The van der Waals surface area contributed by atoms with E-state index in [9.17, 15) is 9.59 Å². The highest BCUT2D eigenvalue weighted by atomic mass is 35.5. The van der Waals surface area contributed by atoms with Gasteiger partial charge in [0.15, 0.2) is 11.6 Å². The maximum Gasteiger partial charge on any atom is 0.223 e. The molecule has 1 fully saturated rings. The number of aryl methyl sites for hydroxylation is 1. The summed E-state index contributed by atoms with van der Waals surface area (Å²) >= 11 is 6.23. The van der Waals surface area contributed by atoms with E-state index in [-0.39, 0.29) is 30.2 Å². The predicted molar refractivity (Wildman–Crippen MR) is 151 cm³/mol. The Bertz CT molecular complexity index is 1280. The minimum atomic E-state index is -0.275. The van der Waals surface area contributed by atoms with E-state index in [1.807, 2.05) is 49.9 Å². The molecule has 1 saturated heterocycles. The summed E-state index contributed by atoms with van der Waals surface area (Å²) in [6.07, 6.45) is 4.69. The highest BCUT2D eigenvalue weighted by molar-refractivity contribution is 6.32. The number of ether oxygens (including phenoxy) is 1. The number of methoxy groups -OCH3 is 1. The van der Waals surface area contributed by atoms with Crippen molar-refractivity contribution in [3.63, 3.8) is 0 Å². The van der Waals surface area contributed by atoms with Gasteiger partial charge in [0.25, 0.3) is 0 Å². The van der Waals surface area contributed by atoms with Crippen LogP contribution < -0.4 is 15.0 Å². The molecule has 3 heterocycles. The second-order valence-corrected chi connectivity index (χ2v) is 10.6. The van der Waals surface area contributed by atoms with Gasteiger partial charge in [0.1, 0.15) is 11.6 Å². The summed E-state index contributed by atoms with van der Waals surface area (Å²) in [5, 5.41) is 3.55. The van der Waals surface area contributed by atoms with Gasteiger partial charge in [-0.3, -0.25) is 9.59 Å². The van der Waals surface area contributed by atoms with Crippen LogP contribution in [0.15, 0.2) is 36.7 Å². The van der Waals surface area contributed by atoms with Gasteiger partial charge in [-0.25, -0.2) is 15.0 Å². The number of imidazole rings is 1. The molecule has 4 rings (SSSR count). The molecule has 1 aliphatic rings. The van der Waals surface area contributed by atoms with Crippen molar-refractivity contribution in [2.75, 3.05) is 38.2 Å². The number of aromatic nitrogens is 4. The Morgan fingerprint density at radius 1 is 1.23 bits per heavy atom. The number of anilines is 1. The van der Waals surface area contributed by atoms with Gasteiger partial charge >= 0.3 is 0 Å². The third kappa shape index (κ3) is 7.47. The standard InChI is InChI=1S/C28H36ClN7O3/c1-18(2)13-26(38)36-12-11-35(24-14-19(3)33-28(34-24)27-31-9-10-32-27)17-21(36)16-25(37)30-8-7-20-5-6-23(39-4)22(29)15-20/h5-6,9-10,14-15,18,21H,7-8,11-13,16-17H2,1-4H3,(H,30,37)(H,31,32). The number of carbonyl (C=O) groups is 2. The monoisotopic (exact) mass is 553 g/mol. The third-order valence-electron chi connectivity index (χ3n) is 6.63. The van der Waals surface area contributed by atoms with Crippen LogP contribution in [0.3, 0.4) is 0 Å². The first-order chi connectivity index (χ1) is 18.7. The zero-order valence-electron chi connectivity index (χ0n) is 22.9. The first-order valence-electron chi connectivity index (χ1n) is 13.2. The van der Waals surface area contributed by atoms with Gasteiger partial charge in [-0.15, -0.1) is 0 Å². The summed E-state index contributed by atoms with van der Waals surface area (Å²) in [7, 11) is 1.58. The van der Waals surface area contributed by atoms with Crippen molar-refractivity contribution < 1.29 is 14.3 Å². The molecule has 39 heavy (non-hydrogen) atoms. The van der Waals surface area contributed by atoms with Crippen LogP contribution in [0.1, 0.15) is 37.9 Å². The van der Waals surface area contributed by atoms with Crippen molar-refractivity contribution in [3.05, 3.63) is 52.9 Å². The van der Waals surface area contributed by atoms with E-state index < -0.39 is 0 Å². The molecule has 2 N–H and O–H groups in total. The Morgan fingerprint density at radius 3 is 2.74 bits per heavy atom. The quantitative estimate of drug-likeness (QED) is 0.393. The minimum Gasteiger partial charge on any atom is -0.495 e. The molecule has 0 radical (unpaired) electrons. The molecule has 1 aromatic carbocycles. The molecule has 0 aliphatic carbocycles. The van der Waals surface area contributed by atoms with Gasteiger partial charge in [-0.1, -0.05) is 31.5 Å².